The number of benzene rings is 1. The van der Waals surface area contributed by atoms with Gasteiger partial charge in [0.25, 0.3) is 0 Å². The minimum absolute atomic E-state index is 0.0315. The van der Waals surface area contributed by atoms with Crippen LogP contribution in [0.4, 0.5) is 4.39 Å². The Labute approximate surface area is 123 Å². The number of nitrogens with one attached hydrogen (secondary N) is 2. The van der Waals surface area contributed by atoms with E-state index in [4.69, 9.17) is 11.6 Å². The van der Waals surface area contributed by atoms with Crippen LogP contribution in [0.15, 0.2) is 17.0 Å². The van der Waals surface area contributed by atoms with Gasteiger partial charge in [0.2, 0.25) is 10.0 Å². The summed E-state index contributed by atoms with van der Waals surface area (Å²) in [4.78, 5) is -0.0702. The highest BCUT2D eigenvalue weighted by molar-refractivity contribution is 7.89. The molecule has 1 aromatic carbocycles. The molecule has 1 aromatic rings. The first kappa shape index (κ1) is 15.7. The summed E-state index contributed by atoms with van der Waals surface area (Å²) in [5, 5.41) is 2.97. The predicted octanol–water partition coefficient (Wildman–Crippen LogP) is 2.42. The molecule has 1 saturated carbocycles. The third-order valence-corrected chi connectivity index (χ3v) is 5.30. The van der Waals surface area contributed by atoms with E-state index in [1.165, 1.54) is 6.07 Å². The summed E-state index contributed by atoms with van der Waals surface area (Å²) < 4.78 is 40.7. The highest BCUT2D eigenvalue weighted by atomic mass is 35.5. The van der Waals surface area contributed by atoms with Crippen LogP contribution in [0.2, 0.25) is 5.02 Å². The number of hydrogen-bond donors (Lipinski definition) is 2. The van der Waals surface area contributed by atoms with Crippen molar-refractivity contribution in [1.29, 1.82) is 0 Å². The molecule has 0 saturated heterocycles. The molecule has 0 unspecified atom stereocenters. The van der Waals surface area contributed by atoms with Crippen LogP contribution in [0.25, 0.3) is 0 Å². The van der Waals surface area contributed by atoms with E-state index < -0.39 is 15.8 Å². The Kier molecular flexibility index (Phi) is 5.01. The van der Waals surface area contributed by atoms with Gasteiger partial charge in [0, 0.05) is 12.6 Å². The van der Waals surface area contributed by atoms with Crippen molar-refractivity contribution in [2.45, 2.75) is 43.7 Å². The van der Waals surface area contributed by atoms with E-state index in [1.54, 1.807) is 0 Å². The van der Waals surface area contributed by atoms with E-state index in [9.17, 15) is 12.8 Å². The third-order valence-electron chi connectivity index (χ3n) is 3.38. The first-order valence-electron chi connectivity index (χ1n) is 6.65. The van der Waals surface area contributed by atoms with Gasteiger partial charge in [-0.3, -0.25) is 0 Å². The normalized spacial score (nSPS) is 16.1. The van der Waals surface area contributed by atoms with Gasteiger partial charge < -0.3 is 5.32 Å². The lowest BCUT2D eigenvalue weighted by molar-refractivity contribution is 0.383. The van der Waals surface area contributed by atoms with Crippen molar-refractivity contribution in [2.24, 2.45) is 0 Å². The van der Waals surface area contributed by atoms with Gasteiger partial charge in [-0.15, -0.1) is 0 Å². The second-order valence-electron chi connectivity index (χ2n) is 4.91. The Hall–Kier alpha value is -0.690. The summed E-state index contributed by atoms with van der Waals surface area (Å²) in [5.74, 6) is -0.712. The van der Waals surface area contributed by atoms with Crippen molar-refractivity contribution in [3.8, 4) is 0 Å². The summed E-state index contributed by atoms with van der Waals surface area (Å²) in [6, 6.07) is 2.37. The minimum atomic E-state index is -3.68. The van der Waals surface area contributed by atoms with Gasteiger partial charge in [0.15, 0.2) is 0 Å². The molecule has 0 aliphatic heterocycles. The van der Waals surface area contributed by atoms with Crippen LogP contribution in [0.3, 0.4) is 0 Å². The molecule has 4 nitrogen and oxygen atoms in total. The molecule has 1 fully saturated rings. The molecule has 2 rings (SSSR count). The number of halogens is 2. The van der Waals surface area contributed by atoms with Crippen LogP contribution in [-0.2, 0) is 16.6 Å². The van der Waals surface area contributed by atoms with E-state index in [1.807, 2.05) is 6.92 Å². The van der Waals surface area contributed by atoms with Crippen LogP contribution < -0.4 is 10.0 Å². The standard InChI is InChI=1S/C13H18ClFN2O2S/c1-2-16-8-9-6-11(7-12(15)13(9)14)20(18,19)17-10-4-3-5-10/h6-7,10,16-17H,2-5,8H2,1H3. The van der Waals surface area contributed by atoms with E-state index >= 15 is 0 Å². The van der Waals surface area contributed by atoms with Crippen LogP contribution >= 0.6 is 11.6 Å². The maximum Gasteiger partial charge on any atom is 0.240 e. The Morgan fingerprint density at radius 2 is 2.10 bits per heavy atom. The summed E-state index contributed by atoms with van der Waals surface area (Å²) >= 11 is 5.86. The van der Waals surface area contributed by atoms with E-state index in [2.05, 4.69) is 10.0 Å². The lowest BCUT2D eigenvalue weighted by Crippen LogP contribution is -2.39. The van der Waals surface area contributed by atoms with Crippen molar-refractivity contribution < 1.29 is 12.8 Å². The molecule has 1 aliphatic rings. The fourth-order valence-electron chi connectivity index (χ4n) is 1.98. The molecule has 0 spiro atoms. The Bertz CT molecular complexity index is 588. The quantitative estimate of drug-likeness (QED) is 0.846. The van der Waals surface area contributed by atoms with Crippen molar-refractivity contribution >= 4 is 21.6 Å². The van der Waals surface area contributed by atoms with Crippen LogP contribution in [0.1, 0.15) is 31.7 Å². The number of hydrogen-bond acceptors (Lipinski definition) is 3. The molecular formula is C13H18ClFN2O2S. The highest BCUT2D eigenvalue weighted by Crippen LogP contribution is 2.26. The topological polar surface area (TPSA) is 58.2 Å². The molecule has 0 heterocycles. The van der Waals surface area contributed by atoms with Crippen molar-refractivity contribution in [2.75, 3.05) is 6.54 Å². The Morgan fingerprint density at radius 1 is 1.40 bits per heavy atom. The van der Waals surface area contributed by atoms with Crippen molar-refractivity contribution in [3.05, 3.63) is 28.5 Å². The van der Waals surface area contributed by atoms with Crippen LogP contribution in [0, 0.1) is 5.82 Å². The summed E-state index contributed by atoms with van der Waals surface area (Å²) in [7, 11) is -3.68. The summed E-state index contributed by atoms with van der Waals surface area (Å²) in [5.41, 5.74) is 0.447. The molecule has 0 aromatic heterocycles. The second kappa shape index (κ2) is 6.39. The lowest BCUT2D eigenvalue weighted by atomic mass is 9.94. The molecule has 0 amide bonds. The molecular weight excluding hydrogens is 303 g/mol. The predicted molar refractivity (Wildman–Crippen MR) is 76.8 cm³/mol. The maximum atomic E-state index is 13.8. The average molecular weight is 321 g/mol. The second-order valence-corrected chi connectivity index (χ2v) is 7.00. The fourth-order valence-corrected chi connectivity index (χ4v) is 3.52. The molecule has 112 valence electrons. The van der Waals surface area contributed by atoms with Gasteiger partial charge in [0.1, 0.15) is 5.82 Å². The van der Waals surface area contributed by atoms with Gasteiger partial charge in [-0.1, -0.05) is 24.9 Å². The number of rotatable bonds is 6. The largest absolute Gasteiger partial charge is 0.313 e. The van der Waals surface area contributed by atoms with Gasteiger partial charge in [-0.25, -0.2) is 17.5 Å². The smallest absolute Gasteiger partial charge is 0.240 e. The molecule has 20 heavy (non-hydrogen) atoms. The molecule has 0 atom stereocenters. The maximum absolute atomic E-state index is 13.8. The zero-order valence-corrected chi connectivity index (χ0v) is 12.8. The van der Waals surface area contributed by atoms with Crippen molar-refractivity contribution in [3.63, 3.8) is 0 Å². The summed E-state index contributed by atoms with van der Waals surface area (Å²) in [6.07, 6.45) is 2.69. The van der Waals surface area contributed by atoms with E-state index in [0.29, 0.717) is 18.7 Å². The fraction of sp³-hybridized carbons (Fsp3) is 0.538. The monoisotopic (exact) mass is 320 g/mol. The van der Waals surface area contributed by atoms with Gasteiger partial charge in [0.05, 0.1) is 9.92 Å². The van der Waals surface area contributed by atoms with E-state index in [0.717, 1.165) is 25.3 Å². The first-order valence-corrected chi connectivity index (χ1v) is 8.51. The molecule has 7 heteroatoms. The number of sulfonamides is 1. The van der Waals surface area contributed by atoms with E-state index in [-0.39, 0.29) is 16.0 Å². The Morgan fingerprint density at radius 3 is 2.65 bits per heavy atom. The zero-order valence-electron chi connectivity index (χ0n) is 11.2. The van der Waals surface area contributed by atoms with Gasteiger partial charge >= 0.3 is 0 Å². The minimum Gasteiger partial charge on any atom is -0.313 e. The highest BCUT2D eigenvalue weighted by Gasteiger charge is 2.26. The molecule has 0 bridgehead atoms. The molecule has 2 N–H and O–H groups in total. The van der Waals surface area contributed by atoms with Gasteiger partial charge in [-0.05, 0) is 37.1 Å². The average Bonchev–Trinajstić information content (AvgIpc) is 2.35. The zero-order chi connectivity index (χ0) is 14.8. The van der Waals surface area contributed by atoms with Crippen LogP contribution in [-0.4, -0.2) is 21.0 Å². The Balaban J connectivity index is 2.28. The third kappa shape index (κ3) is 3.49. The SMILES string of the molecule is CCNCc1cc(S(=O)(=O)NC2CCC2)cc(F)c1Cl. The lowest BCUT2D eigenvalue weighted by Gasteiger charge is -2.26. The van der Waals surface area contributed by atoms with Gasteiger partial charge in [-0.2, -0.15) is 0 Å². The van der Waals surface area contributed by atoms with Crippen LogP contribution in [0.5, 0.6) is 0 Å². The summed E-state index contributed by atoms with van der Waals surface area (Å²) in [6.45, 7) is 2.93. The molecule has 1 aliphatic carbocycles. The van der Waals surface area contributed by atoms with Crippen molar-refractivity contribution in [1.82, 2.24) is 10.0 Å². The molecule has 0 radical (unpaired) electrons. The first-order chi connectivity index (χ1) is 9.44.